The number of aryl methyl sites for hydroxylation is 1. The maximum atomic E-state index is 12.5. The third-order valence-corrected chi connectivity index (χ3v) is 3.63. The second-order valence-electron chi connectivity index (χ2n) is 4.11. The fourth-order valence-electron chi connectivity index (χ4n) is 1.65. The molecule has 0 saturated carbocycles. The molecule has 0 radical (unpaired) electrons. The van der Waals surface area contributed by atoms with Crippen molar-refractivity contribution in [3.05, 3.63) is 41.7 Å². The van der Waals surface area contributed by atoms with Crippen LogP contribution in [-0.2, 0) is 12.6 Å². The number of benzene rings is 1. The van der Waals surface area contributed by atoms with Gasteiger partial charge >= 0.3 is 6.18 Å². The Labute approximate surface area is 118 Å². The molecule has 1 aromatic carbocycles. The van der Waals surface area contributed by atoms with Gasteiger partial charge in [0, 0.05) is 5.75 Å². The third kappa shape index (κ3) is 3.66. The van der Waals surface area contributed by atoms with E-state index in [-0.39, 0.29) is 5.16 Å². The molecular formula is C12H13F3N4S. The van der Waals surface area contributed by atoms with Gasteiger partial charge in [-0.1, -0.05) is 42.1 Å². The van der Waals surface area contributed by atoms with Gasteiger partial charge in [0.05, 0.1) is 0 Å². The van der Waals surface area contributed by atoms with Gasteiger partial charge in [0.2, 0.25) is 5.16 Å². The van der Waals surface area contributed by atoms with Gasteiger partial charge in [0.1, 0.15) is 0 Å². The van der Waals surface area contributed by atoms with Crippen LogP contribution >= 0.6 is 11.8 Å². The van der Waals surface area contributed by atoms with E-state index in [1.54, 1.807) is 0 Å². The molecule has 2 aromatic rings. The van der Waals surface area contributed by atoms with E-state index in [1.807, 2.05) is 30.3 Å². The van der Waals surface area contributed by atoms with Gasteiger partial charge in [-0.05, 0) is 18.4 Å². The second kappa shape index (κ2) is 6.17. The Morgan fingerprint density at radius 1 is 1.15 bits per heavy atom. The minimum atomic E-state index is -4.58. The molecule has 1 aromatic heterocycles. The van der Waals surface area contributed by atoms with E-state index in [4.69, 9.17) is 5.84 Å². The molecule has 108 valence electrons. The first kappa shape index (κ1) is 14.7. The van der Waals surface area contributed by atoms with E-state index in [2.05, 4.69) is 10.2 Å². The number of nitrogens with zero attached hydrogens (tertiary/aromatic N) is 3. The molecule has 20 heavy (non-hydrogen) atoms. The highest BCUT2D eigenvalue weighted by molar-refractivity contribution is 7.99. The fourth-order valence-corrected chi connectivity index (χ4v) is 2.45. The molecule has 0 atom stereocenters. The van der Waals surface area contributed by atoms with Crippen LogP contribution < -0.4 is 5.84 Å². The van der Waals surface area contributed by atoms with Crippen molar-refractivity contribution >= 4 is 11.8 Å². The number of rotatable bonds is 5. The summed E-state index contributed by atoms with van der Waals surface area (Å²) in [6, 6.07) is 9.87. The largest absolute Gasteiger partial charge is 0.453 e. The van der Waals surface area contributed by atoms with Gasteiger partial charge in [0.25, 0.3) is 5.82 Å². The normalized spacial score (nSPS) is 11.8. The Morgan fingerprint density at radius 3 is 2.45 bits per heavy atom. The van der Waals surface area contributed by atoms with Crippen LogP contribution in [0, 0.1) is 0 Å². The van der Waals surface area contributed by atoms with Gasteiger partial charge in [0.15, 0.2) is 0 Å². The quantitative estimate of drug-likeness (QED) is 0.524. The molecule has 0 saturated heterocycles. The zero-order chi connectivity index (χ0) is 14.6. The van der Waals surface area contributed by atoms with Crippen molar-refractivity contribution in [1.29, 1.82) is 0 Å². The molecule has 8 heteroatoms. The van der Waals surface area contributed by atoms with Crippen molar-refractivity contribution in [1.82, 2.24) is 14.9 Å². The molecule has 0 aliphatic carbocycles. The SMILES string of the molecule is Nn1c(SCCCc2ccccc2)nnc1C(F)(F)F. The van der Waals surface area contributed by atoms with Crippen molar-refractivity contribution in [2.45, 2.75) is 24.2 Å². The Kier molecular flexibility index (Phi) is 4.53. The lowest BCUT2D eigenvalue weighted by molar-refractivity contribution is -0.146. The molecule has 0 fully saturated rings. The topological polar surface area (TPSA) is 56.7 Å². The summed E-state index contributed by atoms with van der Waals surface area (Å²) in [5, 5.41) is 6.60. The number of aromatic nitrogens is 3. The van der Waals surface area contributed by atoms with E-state index in [9.17, 15) is 13.2 Å². The summed E-state index contributed by atoms with van der Waals surface area (Å²) in [6.45, 7) is 0. The predicted octanol–water partition coefficient (Wildman–Crippen LogP) is 2.74. The van der Waals surface area contributed by atoms with Crippen LogP contribution in [0.2, 0.25) is 0 Å². The Balaban J connectivity index is 1.85. The fraction of sp³-hybridized carbons (Fsp3) is 0.333. The third-order valence-electron chi connectivity index (χ3n) is 2.60. The average Bonchev–Trinajstić information content (AvgIpc) is 2.77. The van der Waals surface area contributed by atoms with Crippen molar-refractivity contribution in [2.75, 3.05) is 11.6 Å². The summed E-state index contributed by atoms with van der Waals surface area (Å²) in [6.07, 6.45) is -2.90. The molecule has 2 rings (SSSR count). The summed E-state index contributed by atoms with van der Waals surface area (Å²) < 4.78 is 37.9. The smallest absolute Gasteiger partial charge is 0.335 e. The van der Waals surface area contributed by atoms with Crippen molar-refractivity contribution in [2.24, 2.45) is 0 Å². The van der Waals surface area contributed by atoms with Crippen LogP contribution in [0.4, 0.5) is 13.2 Å². The van der Waals surface area contributed by atoms with Gasteiger partial charge in [-0.2, -0.15) is 13.2 Å². The van der Waals surface area contributed by atoms with Crippen LogP contribution in [0.3, 0.4) is 0 Å². The first-order valence-electron chi connectivity index (χ1n) is 5.93. The van der Waals surface area contributed by atoms with Gasteiger partial charge < -0.3 is 5.84 Å². The summed E-state index contributed by atoms with van der Waals surface area (Å²) in [7, 11) is 0. The van der Waals surface area contributed by atoms with Gasteiger partial charge in [-0.3, -0.25) is 0 Å². The molecule has 0 aliphatic rings. The lowest BCUT2D eigenvalue weighted by Gasteiger charge is -2.06. The van der Waals surface area contributed by atoms with Crippen molar-refractivity contribution in [3.63, 3.8) is 0 Å². The lowest BCUT2D eigenvalue weighted by atomic mass is 10.1. The summed E-state index contributed by atoms with van der Waals surface area (Å²) in [4.78, 5) is 0. The highest BCUT2D eigenvalue weighted by Crippen LogP contribution is 2.29. The zero-order valence-corrected chi connectivity index (χ0v) is 11.3. The molecule has 0 bridgehead atoms. The van der Waals surface area contributed by atoms with E-state index in [0.717, 1.165) is 12.8 Å². The zero-order valence-electron chi connectivity index (χ0n) is 10.5. The van der Waals surface area contributed by atoms with Crippen LogP contribution in [0.5, 0.6) is 0 Å². The lowest BCUT2D eigenvalue weighted by Crippen LogP contribution is -2.21. The average molecular weight is 302 g/mol. The van der Waals surface area contributed by atoms with E-state index in [0.29, 0.717) is 10.4 Å². The van der Waals surface area contributed by atoms with Crippen LogP contribution in [0.15, 0.2) is 35.5 Å². The molecule has 0 aliphatic heterocycles. The molecule has 0 amide bonds. The second-order valence-corrected chi connectivity index (χ2v) is 5.17. The van der Waals surface area contributed by atoms with Crippen molar-refractivity contribution < 1.29 is 13.2 Å². The minimum absolute atomic E-state index is 0.0744. The first-order chi connectivity index (χ1) is 9.48. The number of halogens is 3. The molecule has 2 N–H and O–H groups in total. The Hall–Kier alpha value is -1.70. The maximum absolute atomic E-state index is 12.5. The van der Waals surface area contributed by atoms with E-state index >= 15 is 0 Å². The van der Waals surface area contributed by atoms with Gasteiger partial charge in [-0.25, -0.2) is 4.68 Å². The van der Waals surface area contributed by atoms with Gasteiger partial charge in [-0.15, -0.1) is 10.2 Å². The number of nitrogens with two attached hydrogens (primary N) is 1. The number of alkyl halides is 3. The summed E-state index contributed by atoms with van der Waals surface area (Å²) in [5.41, 5.74) is 1.19. The monoisotopic (exact) mass is 302 g/mol. The number of hydrogen-bond donors (Lipinski definition) is 1. The number of thioether (sulfide) groups is 1. The van der Waals surface area contributed by atoms with Crippen LogP contribution in [-0.4, -0.2) is 20.6 Å². The highest BCUT2D eigenvalue weighted by atomic mass is 32.2. The van der Waals surface area contributed by atoms with Crippen molar-refractivity contribution in [3.8, 4) is 0 Å². The molecule has 4 nitrogen and oxygen atoms in total. The van der Waals surface area contributed by atoms with Crippen LogP contribution in [0.1, 0.15) is 17.8 Å². The molecular weight excluding hydrogens is 289 g/mol. The number of hydrogen-bond acceptors (Lipinski definition) is 4. The maximum Gasteiger partial charge on any atom is 0.453 e. The standard InChI is InChI=1S/C12H13F3N4S/c13-12(14,15)10-17-18-11(19(10)16)20-8-4-7-9-5-2-1-3-6-9/h1-3,5-6H,4,7-8,16H2. The van der Waals surface area contributed by atoms with E-state index < -0.39 is 12.0 Å². The molecule has 0 unspecified atom stereocenters. The summed E-state index contributed by atoms with van der Waals surface area (Å²) in [5.74, 6) is 4.78. The van der Waals surface area contributed by atoms with Crippen LogP contribution in [0.25, 0.3) is 0 Å². The minimum Gasteiger partial charge on any atom is -0.335 e. The number of nitrogen functional groups attached to an aromatic ring is 1. The highest BCUT2D eigenvalue weighted by Gasteiger charge is 2.38. The summed E-state index contributed by atoms with van der Waals surface area (Å²) >= 11 is 1.17. The first-order valence-corrected chi connectivity index (χ1v) is 6.91. The Morgan fingerprint density at radius 2 is 1.85 bits per heavy atom. The molecule has 1 heterocycles. The Bertz CT molecular complexity index is 554. The molecule has 0 spiro atoms. The van der Waals surface area contributed by atoms with E-state index in [1.165, 1.54) is 17.3 Å². The predicted molar refractivity (Wildman–Crippen MR) is 70.7 cm³/mol.